The zero-order valence-electron chi connectivity index (χ0n) is 13.4. The highest BCUT2D eigenvalue weighted by Crippen LogP contribution is 2.29. The molecule has 1 aliphatic heterocycles. The number of anilines is 1. The molecule has 1 amide bonds. The van der Waals surface area contributed by atoms with Crippen LogP contribution in [-0.2, 0) is 10.2 Å². The molecule has 4 nitrogen and oxygen atoms in total. The van der Waals surface area contributed by atoms with E-state index in [1.807, 2.05) is 18.2 Å². The third-order valence-corrected chi connectivity index (χ3v) is 3.81. The van der Waals surface area contributed by atoms with Gasteiger partial charge in [-0.05, 0) is 36.6 Å². The van der Waals surface area contributed by atoms with Gasteiger partial charge in [0.15, 0.2) is 0 Å². The predicted molar refractivity (Wildman–Crippen MR) is 87.7 cm³/mol. The molecule has 2 rings (SSSR count). The molecule has 0 bridgehead atoms. The number of hydrogen-bond donors (Lipinski definition) is 2. The van der Waals surface area contributed by atoms with E-state index >= 15 is 0 Å². The van der Waals surface area contributed by atoms with Crippen molar-refractivity contribution in [3.05, 3.63) is 29.8 Å². The molecule has 1 saturated heterocycles. The van der Waals surface area contributed by atoms with E-state index in [4.69, 9.17) is 0 Å². The molecule has 21 heavy (non-hydrogen) atoms. The van der Waals surface area contributed by atoms with Crippen LogP contribution in [0, 0.1) is 0 Å². The summed E-state index contributed by atoms with van der Waals surface area (Å²) in [6, 6.07) is 8.07. The smallest absolute Gasteiger partial charge is 0.238 e. The van der Waals surface area contributed by atoms with Crippen LogP contribution in [-0.4, -0.2) is 43.5 Å². The van der Waals surface area contributed by atoms with Crippen molar-refractivity contribution in [2.24, 2.45) is 0 Å². The van der Waals surface area contributed by atoms with Crippen molar-refractivity contribution in [2.45, 2.75) is 32.6 Å². The van der Waals surface area contributed by atoms with Crippen LogP contribution in [0.5, 0.6) is 0 Å². The maximum absolute atomic E-state index is 12.3. The van der Waals surface area contributed by atoms with Crippen LogP contribution in [0.3, 0.4) is 0 Å². The Bertz CT molecular complexity index is 471. The molecular weight excluding hydrogens is 262 g/mol. The minimum absolute atomic E-state index is 0.0242. The van der Waals surface area contributed by atoms with E-state index in [0.717, 1.165) is 38.3 Å². The van der Waals surface area contributed by atoms with Crippen LogP contribution in [0.15, 0.2) is 24.3 Å². The topological polar surface area (TPSA) is 44.4 Å². The number of benzene rings is 1. The van der Waals surface area contributed by atoms with Gasteiger partial charge in [-0.25, -0.2) is 0 Å². The lowest BCUT2D eigenvalue weighted by Crippen LogP contribution is -2.36. The monoisotopic (exact) mass is 289 g/mol. The molecule has 0 saturated carbocycles. The van der Waals surface area contributed by atoms with Crippen molar-refractivity contribution in [3.8, 4) is 0 Å². The Balaban J connectivity index is 1.99. The number of para-hydroxylation sites is 1. The number of rotatable bonds is 3. The number of nitrogens with one attached hydrogen (secondary N) is 2. The Morgan fingerprint density at radius 2 is 2.00 bits per heavy atom. The molecular formula is C17H27N3O. The Morgan fingerprint density at radius 3 is 2.76 bits per heavy atom. The molecule has 0 aliphatic carbocycles. The van der Waals surface area contributed by atoms with E-state index in [9.17, 15) is 4.79 Å². The van der Waals surface area contributed by atoms with Crippen molar-refractivity contribution < 1.29 is 4.79 Å². The molecule has 0 aromatic heterocycles. The molecule has 2 N–H and O–H groups in total. The lowest BCUT2D eigenvalue weighted by atomic mass is 9.86. The third-order valence-electron chi connectivity index (χ3n) is 3.81. The molecule has 0 atom stereocenters. The fourth-order valence-corrected chi connectivity index (χ4v) is 2.70. The van der Waals surface area contributed by atoms with Gasteiger partial charge in [-0.2, -0.15) is 0 Å². The summed E-state index contributed by atoms with van der Waals surface area (Å²) in [5.74, 6) is 0.0774. The minimum Gasteiger partial charge on any atom is -0.325 e. The summed E-state index contributed by atoms with van der Waals surface area (Å²) in [6.45, 7) is 10.9. The van der Waals surface area contributed by atoms with E-state index in [2.05, 4.69) is 42.4 Å². The fourth-order valence-electron chi connectivity index (χ4n) is 2.70. The molecule has 0 unspecified atom stereocenters. The summed E-state index contributed by atoms with van der Waals surface area (Å²) >= 11 is 0. The Morgan fingerprint density at radius 1 is 1.24 bits per heavy atom. The van der Waals surface area contributed by atoms with Crippen molar-refractivity contribution in [1.82, 2.24) is 10.2 Å². The standard InChI is InChI=1S/C17H27N3O/c1-17(2,3)14-7-4-5-8-15(14)19-16(21)13-20-11-6-9-18-10-12-20/h4-5,7-8,18H,6,9-13H2,1-3H3,(H,19,21). The van der Waals surface area contributed by atoms with Crippen molar-refractivity contribution >= 4 is 11.6 Å². The van der Waals surface area contributed by atoms with Crippen molar-refractivity contribution in [3.63, 3.8) is 0 Å². The summed E-state index contributed by atoms with van der Waals surface area (Å²) in [5, 5.41) is 6.44. The second-order valence-corrected chi connectivity index (χ2v) is 6.72. The van der Waals surface area contributed by atoms with Gasteiger partial charge < -0.3 is 10.6 Å². The first-order chi connectivity index (χ1) is 9.97. The van der Waals surface area contributed by atoms with Gasteiger partial charge in [0, 0.05) is 18.8 Å². The Kier molecular flexibility index (Phi) is 5.37. The molecule has 0 spiro atoms. The third kappa shape index (κ3) is 4.83. The maximum Gasteiger partial charge on any atom is 0.238 e. The first-order valence-electron chi connectivity index (χ1n) is 7.79. The van der Waals surface area contributed by atoms with Gasteiger partial charge in [0.1, 0.15) is 0 Å². The second kappa shape index (κ2) is 7.05. The summed E-state index contributed by atoms with van der Waals surface area (Å²) in [7, 11) is 0. The average molecular weight is 289 g/mol. The number of nitrogens with zero attached hydrogens (tertiary/aromatic N) is 1. The molecule has 1 aliphatic rings. The normalized spacial score (nSPS) is 17.3. The first-order valence-corrected chi connectivity index (χ1v) is 7.79. The maximum atomic E-state index is 12.3. The lowest BCUT2D eigenvalue weighted by molar-refractivity contribution is -0.117. The van der Waals surface area contributed by atoms with Crippen LogP contribution in [0.2, 0.25) is 0 Å². The molecule has 0 radical (unpaired) electrons. The number of amides is 1. The largest absolute Gasteiger partial charge is 0.325 e. The number of carbonyl (C=O) groups excluding carboxylic acids is 1. The highest BCUT2D eigenvalue weighted by molar-refractivity contribution is 5.93. The van der Waals surface area contributed by atoms with Crippen LogP contribution >= 0.6 is 0 Å². The van der Waals surface area contributed by atoms with Gasteiger partial charge in [-0.1, -0.05) is 39.0 Å². The Hall–Kier alpha value is -1.39. The van der Waals surface area contributed by atoms with Gasteiger partial charge >= 0.3 is 0 Å². The summed E-state index contributed by atoms with van der Waals surface area (Å²) in [6.07, 6.45) is 1.10. The van der Waals surface area contributed by atoms with E-state index in [-0.39, 0.29) is 11.3 Å². The quantitative estimate of drug-likeness (QED) is 0.897. The number of hydrogen-bond acceptors (Lipinski definition) is 3. The van der Waals surface area contributed by atoms with Gasteiger partial charge in [0.2, 0.25) is 5.91 Å². The summed E-state index contributed by atoms with van der Waals surface area (Å²) < 4.78 is 0. The average Bonchev–Trinajstić information content (AvgIpc) is 2.66. The molecule has 1 aromatic rings. The van der Waals surface area contributed by atoms with Crippen molar-refractivity contribution in [1.29, 1.82) is 0 Å². The van der Waals surface area contributed by atoms with Gasteiger partial charge in [-0.15, -0.1) is 0 Å². The highest BCUT2D eigenvalue weighted by atomic mass is 16.2. The predicted octanol–water partition coefficient (Wildman–Crippen LogP) is 2.22. The van der Waals surface area contributed by atoms with Crippen LogP contribution in [0.4, 0.5) is 5.69 Å². The van der Waals surface area contributed by atoms with Gasteiger partial charge in [0.05, 0.1) is 6.54 Å². The van der Waals surface area contributed by atoms with Crippen molar-refractivity contribution in [2.75, 3.05) is 38.0 Å². The van der Waals surface area contributed by atoms with E-state index in [1.165, 1.54) is 5.56 Å². The Labute approximate surface area is 127 Å². The van der Waals surface area contributed by atoms with Gasteiger partial charge in [0.25, 0.3) is 0 Å². The number of carbonyl (C=O) groups is 1. The lowest BCUT2D eigenvalue weighted by Gasteiger charge is -2.24. The zero-order chi connectivity index (χ0) is 15.3. The van der Waals surface area contributed by atoms with Crippen LogP contribution in [0.1, 0.15) is 32.8 Å². The molecule has 1 fully saturated rings. The highest BCUT2D eigenvalue weighted by Gasteiger charge is 2.19. The molecule has 116 valence electrons. The summed E-state index contributed by atoms with van der Waals surface area (Å²) in [5.41, 5.74) is 2.13. The fraction of sp³-hybridized carbons (Fsp3) is 0.588. The first kappa shape index (κ1) is 16.0. The molecule has 1 heterocycles. The van der Waals surface area contributed by atoms with Crippen LogP contribution in [0.25, 0.3) is 0 Å². The second-order valence-electron chi connectivity index (χ2n) is 6.72. The van der Waals surface area contributed by atoms with Crippen LogP contribution < -0.4 is 10.6 Å². The van der Waals surface area contributed by atoms with E-state index in [0.29, 0.717) is 6.54 Å². The zero-order valence-corrected chi connectivity index (χ0v) is 13.4. The molecule has 4 heteroatoms. The molecule has 1 aromatic carbocycles. The van der Waals surface area contributed by atoms with E-state index in [1.54, 1.807) is 0 Å². The van der Waals surface area contributed by atoms with Gasteiger partial charge in [-0.3, -0.25) is 9.69 Å². The minimum atomic E-state index is 0.0242. The summed E-state index contributed by atoms with van der Waals surface area (Å²) in [4.78, 5) is 14.5. The SMILES string of the molecule is CC(C)(C)c1ccccc1NC(=O)CN1CCCNCC1. The van der Waals surface area contributed by atoms with E-state index < -0.39 is 0 Å².